The van der Waals surface area contributed by atoms with Crippen LogP contribution >= 0.6 is 0 Å². The lowest BCUT2D eigenvalue weighted by Crippen LogP contribution is -2.53. The molecule has 1 aromatic rings. The molecule has 146 valence electrons. The summed E-state index contributed by atoms with van der Waals surface area (Å²) in [5, 5.41) is 0. The molecule has 0 radical (unpaired) electrons. The highest BCUT2D eigenvalue weighted by Crippen LogP contribution is 2.44. The summed E-state index contributed by atoms with van der Waals surface area (Å²) in [5.74, 6) is -0.123. The third-order valence-electron chi connectivity index (χ3n) is 4.23. The van der Waals surface area contributed by atoms with E-state index in [0.717, 1.165) is 0 Å². The molecule has 0 bridgehead atoms. The third-order valence-corrected chi connectivity index (χ3v) is 5.91. The van der Waals surface area contributed by atoms with Crippen LogP contribution in [0.5, 0.6) is 0 Å². The summed E-state index contributed by atoms with van der Waals surface area (Å²) < 4.78 is 66.0. The lowest BCUT2D eigenvalue weighted by molar-refractivity contribution is -0.155. The molecule has 9 heteroatoms. The van der Waals surface area contributed by atoms with Crippen LogP contribution in [0.3, 0.4) is 0 Å². The van der Waals surface area contributed by atoms with Gasteiger partial charge in [-0.3, -0.25) is 4.99 Å². The topological polar surface area (TPSA) is 62.1 Å². The highest BCUT2D eigenvalue weighted by Gasteiger charge is 2.66. The maximum absolute atomic E-state index is 13.9. The molecule has 0 N–H and O–H groups in total. The number of anilines is 1. The summed E-state index contributed by atoms with van der Waals surface area (Å²) >= 11 is 0. The second kappa shape index (κ2) is 7.30. The van der Waals surface area contributed by atoms with Gasteiger partial charge in [-0.15, -0.1) is 0 Å². The van der Waals surface area contributed by atoms with E-state index in [1.165, 1.54) is 24.1 Å². The molecular weight excluding hydrogens is 379 g/mol. The van der Waals surface area contributed by atoms with Crippen molar-refractivity contribution in [3.8, 4) is 0 Å². The van der Waals surface area contributed by atoms with Crippen LogP contribution in [0.1, 0.15) is 6.92 Å². The van der Waals surface area contributed by atoms with Crippen molar-refractivity contribution in [2.75, 3.05) is 24.7 Å². The normalized spacial score (nSPS) is 22.0. The molecule has 1 unspecified atom stereocenters. The number of hydrogen-bond acceptors (Lipinski definition) is 5. The van der Waals surface area contributed by atoms with Gasteiger partial charge in [0.15, 0.2) is 9.84 Å². The first-order valence-corrected chi connectivity index (χ1v) is 9.82. The van der Waals surface area contributed by atoms with E-state index in [9.17, 15) is 21.6 Å². The Morgan fingerprint density at radius 2 is 1.93 bits per heavy atom. The molecule has 0 saturated carbocycles. The van der Waals surface area contributed by atoms with E-state index >= 15 is 0 Å². The van der Waals surface area contributed by atoms with E-state index in [-0.39, 0.29) is 11.4 Å². The van der Waals surface area contributed by atoms with E-state index < -0.39 is 27.4 Å². The first-order chi connectivity index (χ1) is 12.5. The standard InChI is InChI=1S/C18H20F3N3O2S/c1-5-14(11-13(2)22-3)16-23-17(18(19,20)21,27(4,25)26)12-24(16)15-9-7-6-8-10-15/h5-11H,1,12H2,2-4H3/b14-11+,22-13?. The van der Waals surface area contributed by atoms with Gasteiger partial charge < -0.3 is 4.90 Å². The van der Waals surface area contributed by atoms with Crippen LogP contribution < -0.4 is 4.90 Å². The monoisotopic (exact) mass is 399 g/mol. The van der Waals surface area contributed by atoms with Crippen molar-refractivity contribution in [1.29, 1.82) is 0 Å². The van der Waals surface area contributed by atoms with E-state index in [1.807, 2.05) is 0 Å². The maximum atomic E-state index is 13.9. The quantitative estimate of drug-likeness (QED) is 0.563. The highest BCUT2D eigenvalue weighted by atomic mass is 32.2. The average molecular weight is 399 g/mol. The summed E-state index contributed by atoms with van der Waals surface area (Å²) in [4.78, 5) is 5.65. The predicted octanol–water partition coefficient (Wildman–Crippen LogP) is 3.41. The van der Waals surface area contributed by atoms with E-state index in [2.05, 4.69) is 16.6 Å². The number of nitrogens with zero attached hydrogens (tertiary/aromatic N) is 3. The summed E-state index contributed by atoms with van der Waals surface area (Å²) in [5.41, 5.74) is 1.17. The number of benzene rings is 1. The number of rotatable bonds is 5. The van der Waals surface area contributed by atoms with Gasteiger partial charge in [-0.25, -0.2) is 13.4 Å². The number of halogens is 3. The van der Waals surface area contributed by atoms with Crippen molar-refractivity contribution in [2.24, 2.45) is 9.98 Å². The molecule has 0 saturated heterocycles. The summed E-state index contributed by atoms with van der Waals surface area (Å²) in [6, 6.07) is 8.19. The Hall–Kier alpha value is -2.42. The van der Waals surface area contributed by atoms with Crippen molar-refractivity contribution >= 4 is 27.1 Å². The Morgan fingerprint density at radius 3 is 2.37 bits per heavy atom. The second-order valence-corrected chi connectivity index (χ2v) is 8.30. The van der Waals surface area contributed by atoms with Gasteiger partial charge in [0, 0.05) is 30.3 Å². The number of amidine groups is 1. The Kier molecular flexibility index (Phi) is 5.65. The van der Waals surface area contributed by atoms with Crippen LogP contribution in [0.15, 0.2) is 64.6 Å². The van der Waals surface area contributed by atoms with Gasteiger partial charge in [0.25, 0.3) is 4.87 Å². The zero-order valence-electron chi connectivity index (χ0n) is 15.2. The van der Waals surface area contributed by atoms with Crippen molar-refractivity contribution in [2.45, 2.75) is 18.0 Å². The largest absolute Gasteiger partial charge is 0.429 e. The minimum Gasteiger partial charge on any atom is -0.322 e. The average Bonchev–Trinajstić information content (AvgIpc) is 3.02. The van der Waals surface area contributed by atoms with Crippen LogP contribution in [0.4, 0.5) is 18.9 Å². The van der Waals surface area contributed by atoms with Gasteiger partial charge in [-0.1, -0.05) is 30.9 Å². The van der Waals surface area contributed by atoms with Gasteiger partial charge in [-0.05, 0) is 25.1 Å². The molecule has 5 nitrogen and oxygen atoms in total. The number of para-hydroxylation sites is 1. The van der Waals surface area contributed by atoms with Gasteiger partial charge in [0.1, 0.15) is 5.84 Å². The van der Waals surface area contributed by atoms with Gasteiger partial charge in [0.2, 0.25) is 0 Å². The van der Waals surface area contributed by atoms with Crippen LogP contribution in [-0.4, -0.2) is 50.9 Å². The molecule has 1 aliphatic rings. The lowest BCUT2D eigenvalue weighted by Gasteiger charge is -2.28. The van der Waals surface area contributed by atoms with Crippen molar-refractivity contribution in [3.05, 3.63) is 54.6 Å². The number of aliphatic imine (C=N–C) groups is 2. The molecular formula is C18H20F3N3O2S. The third kappa shape index (κ3) is 3.83. The molecule has 27 heavy (non-hydrogen) atoms. The molecule has 0 aliphatic carbocycles. The van der Waals surface area contributed by atoms with Crippen LogP contribution in [-0.2, 0) is 9.84 Å². The van der Waals surface area contributed by atoms with Crippen LogP contribution in [0.2, 0.25) is 0 Å². The van der Waals surface area contributed by atoms with Crippen molar-refractivity contribution in [1.82, 2.24) is 0 Å². The molecule has 0 spiro atoms. The molecule has 1 aromatic carbocycles. The SMILES string of the molecule is C=C/C(=C\C(C)=NC)C1=NC(C(F)(F)F)(S(C)(=O)=O)CN1c1ccccc1. The molecule has 0 aromatic heterocycles. The zero-order chi connectivity index (χ0) is 20.5. The molecule has 0 amide bonds. The Bertz CT molecular complexity index is 919. The fourth-order valence-electron chi connectivity index (χ4n) is 2.67. The molecule has 0 fully saturated rings. The van der Waals surface area contributed by atoms with Crippen LogP contribution in [0, 0.1) is 0 Å². The highest BCUT2D eigenvalue weighted by molar-refractivity contribution is 7.92. The second-order valence-electron chi connectivity index (χ2n) is 6.08. The van der Waals surface area contributed by atoms with Crippen molar-refractivity contribution < 1.29 is 21.6 Å². The molecule has 1 atom stereocenters. The number of alkyl halides is 3. The number of allylic oxidation sites excluding steroid dienone is 1. The predicted molar refractivity (Wildman–Crippen MR) is 102 cm³/mol. The van der Waals surface area contributed by atoms with E-state index in [0.29, 0.717) is 17.7 Å². The maximum Gasteiger partial charge on any atom is 0.429 e. The lowest BCUT2D eigenvalue weighted by atomic mass is 10.1. The fraction of sp³-hybridized carbons (Fsp3) is 0.333. The zero-order valence-corrected chi connectivity index (χ0v) is 16.0. The molecule has 1 heterocycles. The van der Waals surface area contributed by atoms with Crippen molar-refractivity contribution in [3.63, 3.8) is 0 Å². The Labute approximate surface area is 156 Å². The van der Waals surface area contributed by atoms with Crippen LogP contribution in [0.25, 0.3) is 0 Å². The van der Waals surface area contributed by atoms with E-state index in [1.54, 1.807) is 37.3 Å². The fourth-order valence-corrected chi connectivity index (χ4v) is 3.70. The van der Waals surface area contributed by atoms with Gasteiger partial charge in [0.05, 0.1) is 6.54 Å². The molecule has 1 aliphatic heterocycles. The minimum absolute atomic E-state index is 0.123. The Morgan fingerprint density at radius 1 is 1.33 bits per heavy atom. The summed E-state index contributed by atoms with van der Waals surface area (Å²) in [6.45, 7) is 4.42. The number of hydrogen-bond donors (Lipinski definition) is 0. The first-order valence-electron chi connectivity index (χ1n) is 7.93. The van der Waals surface area contributed by atoms with E-state index in [4.69, 9.17) is 0 Å². The van der Waals surface area contributed by atoms with Gasteiger partial charge >= 0.3 is 6.18 Å². The molecule has 2 rings (SSSR count). The Balaban J connectivity index is 2.79. The van der Waals surface area contributed by atoms with Gasteiger partial charge in [-0.2, -0.15) is 13.2 Å². The summed E-state index contributed by atoms with van der Waals surface area (Å²) in [6.07, 6.45) is -1.70. The number of sulfone groups is 1. The minimum atomic E-state index is -5.09. The first kappa shape index (κ1) is 20.9. The summed E-state index contributed by atoms with van der Waals surface area (Å²) in [7, 11) is -3.08. The smallest absolute Gasteiger partial charge is 0.322 e.